The van der Waals surface area contributed by atoms with Gasteiger partial charge in [0.2, 0.25) is 8.07 Å². The van der Waals surface area contributed by atoms with Crippen molar-refractivity contribution in [2.24, 2.45) is 0 Å². The molecule has 6 aromatic carbocycles. The molecule has 0 atom stereocenters. The number of para-hydroxylation sites is 2. The standard InChI is InChI=1S/C56H34N6OSSi/c1-3-13-37(14-4-1)65(38-15-5-2-6-16-38,55-53-39(27-31-59-55)43-33-35(23-25-49(43)63-53)61-45-19-9-7-17-41(45)51-47(61)21-11-29-57-51)56-54-40(28-32-60-56)44-34-36(24-26-50(44)64-54)62-46-20-10-8-18-42(46)52-48(62)22-12-30-58-52/h1-34H. The average Bonchev–Trinajstić information content (AvgIpc) is 4.13. The molecule has 0 unspecified atom stereocenters. The number of furan rings is 1. The van der Waals surface area contributed by atoms with Crippen LogP contribution in [0.15, 0.2) is 211 Å². The van der Waals surface area contributed by atoms with Crippen molar-refractivity contribution in [3.8, 4) is 11.4 Å². The van der Waals surface area contributed by atoms with Crippen LogP contribution >= 0.6 is 11.3 Å². The zero-order chi connectivity index (χ0) is 42.6. The van der Waals surface area contributed by atoms with Gasteiger partial charge < -0.3 is 13.6 Å². The lowest BCUT2D eigenvalue weighted by Gasteiger charge is -2.32. The topological polar surface area (TPSA) is 74.6 Å². The zero-order valence-electron chi connectivity index (χ0n) is 34.6. The number of aromatic nitrogens is 6. The van der Waals surface area contributed by atoms with Gasteiger partial charge in [-0.05, 0) is 95.3 Å². The number of hydrogen-bond donors (Lipinski definition) is 0. The number of fused-ring (bicyclic) bond motifs is 12. The third-order valence-electron chi connectivity index (χ3n) is 13.2. The van der Waals surface area contributed by atoms with Crippen LogP contribution in [0, 0.1) is 0 Å². The maximum absolute atomic E-state index is 7.12. The minimum atomic E-state index is -3.37. The van der Waals surface area contributed by atoms with E-state index in [1.807, 2.05) is 48.3 Å². The Bertz CT molecular complexity index is 3830. The molecule has 0 saturated carbocycles. The van der Waals surface area contributed by atoms with Gasteiger partial charge in [-0.15, -0.1) is 11.3 Å². The second kappa shape index (κ2) is 13.9. The van der Waals surface area contributed by atoms with Crippen LogP contribution in [0.3, 0.4) is 0 Å². The van der Waals surface area contributed by atoms with Crippen LogP contribution in [0.25, 0.3) is 97.4 Å². The first-order chi connectivity index (χ1) is 32.3. The summed E-state index contributed by atoms with van der Waals surface area (Å²) in [5, 5.41) is 11.0. The molecule has 0 amide bonds. The fourth-order valence-corrected chi connectivity index (χ4v) is 16.8. The molecule has 0 N–H and O–H groups in total. The van der Waals surface area contributed by atoms with E-state index in [0.29, 0.717) is 0 Å². The summed E-state index contributed by atoms with van der Waals surface area (Å²) < 4.78 is 14.1. The van der Waals surface area contributed by atoms with Gasteiger partial charge in [-0.2, -0.15) is 0 Å². The summed E-state index contributed by atoms with van der Waals surface area (Å²) >= 11 is 1.81. The van der Waals surface area contributed by atoms with Crippen molar-refractivity contribution < 1.29 is 4.42 Å². The quantitative estimate of drug-likeness (QED) is 0.156. The van der Waals surface area contributed by atoms with Gasteiger partial charge >= 0.3 is 0 Å². The van der Waals surface area contributed by atoms with Crippen molar-refractivity contribution in [3.63, 3.8) is 0 Å². The number of pyridine rings is 4. The second-order valence-electron chi connectivity index (χ2n) is 16.6. The summed E-state index contributed by atoms with van der Waals surface area (Å²) in [6.45, 7) is 0. The summed E-state index contributed by atoms with van der Waals surface area (Å²) in [6.07, 6.45) is 7.71. The summed E-state index contributed by atoms with van der Waals surface area (Å²) in [7, 11) is -3.37. The van der Waals surface area contributed by atoms with E-state index in [2.05, 4.69) is 179 Å². The Hall–Kier alpha value is -8.24. The fourth-order valence-electron chi connectivity index (χ4n) is 10.5. The third kappa shape index (κ3) is 5.10. The van der Waals surface area contributed by atoms with Gasteiger partial charge in [-0.1, -0.05) is 97.1 Å². The van der Waals surface area contributed by atoms with E-state index in [1.165, 1.54) is 25.8 Å². The molecule has 0 bridgehead atoms. The van der Waals surface area contributed by atoms with Crippen molar-refractivity contribution in [1.82, 2.24) is 29.1 Å². The Labute approximate surface area is 376 Å². The zero-order valence-corrected chi connectivity index (χ0v) is 36.4. The summed E-state index contributed by atoms with van der Waals surface area (Å²) in [5.41, 5.74) is 10.1. The predicted molar refractivity (Wildman–Crippen MR) is 270 cm³/mol. The predicted octanol–water partition coefficient (Wildman–Crippen LogP) is 11.1. The van der Waals surface area contributed by atoms with E-state index in [0.717, 1.165) is 92.5 Å². The largest absolute Gasteiger partial charge is 0.455 e. The molecule has 8 heterocycles. The first-order valence-electron chi connectivity index (χ1n) is 21.7. The highest BCUT2D eigenvalue weighted by Crippen LogP contribution is 2.39. The molecule has 304 valence electrons. The van der Waals surface area contributed by atoms with Gasteiger partial charge in [0.1, 0.15) is 5.58 Å². The van der Waals surface area contributed by atoms with Crippen molar-refractivity contribution in [2.75, 3.05) is 0 Å². The summed E-state index contributed by atoms with van der Waals surface area (Å²) in [4.78, 5) is 20.5. The van der Waals surface area contributed by atoms with Gasteiger partial charge in [0.15, 0.2) is 5.58 Å². The Morgan fingerprint density at radius 2 is 0.938 bits per heavy atom. The third-order valence-corrected chi connectivity index (χ3v) is 19.2. The number of nitrogens with zero attached hydrogens (tertiary/aromatic N) is 6. The van der Waals surface area contributed by atoms with E-state index < -0.39 is 8.07 Å². The van der Waals surface area contributed by atoms with E-state index in [4.69, 9.17) is 24.4 Å². The molecule has 9 heteroatoms. The van der Waals surface area contributed by atoms with E-state index in [1.54, 1.807) is 0 Å². The van der Waals surface area contributed by atoms with Crippen molar-refractivity contribution in [1.29, 1.82) is 0 Å². The smallest absolute Gasteiger partial charge is 0.230 e. The van der Waals surface area contributed by atoms with E-state index in [-0.39, 0.29) is 0 Å². The van der Waals surface area contributed by atoms with E-state index >= 15 is 0 Å². The van der Waals surface area contributed by atoms with Crippen LogP contribution in [0.1, 0.15) is 0 Å². The van der Waals surface area contributed by atoms with Gasteiger partial charge in [-0.3, -0.25) is 19.9 Å². The highest BCUT2D eigenvalue weighted by molar-refractivity contribution is 7.30. The van der Waals surface area contributed by atoms with Crippen molar-refractivity contribution >= 4 is 126 Å². The maximum Gasteiger partial charge on any atom is 0.230 e. The SMILES string of the molecule is c1ccc([Si](c2ccccc2)(c2nccc3c2oc2ccc(-n4c5ccccc5c5ncccc54)cc23)c2nccc3c2sc2ccc(-n4c5ccccc5c5ncccc54)cc23)cc1. The van der Waals surface area contributed by atoms with Crippen LogP contribution in [-0.4, -0.2) is 37.1 Å². The lowest BCUT2D eigenvalue weighted by atomic mass is 10.1. The lowest BCUT2D eigenvalue weighted by molar-refractivity contribution is 0.670. The van der Waals surface area contributed by atoms with Crippen LogP contribution in [0.2, 0.25) is 0 Å². The molecular formula is C56H34N6OSSi. The maximum atomic E-state index is 7.12. The molecule has 14 rings (SSSR count). The molecule has 14 aromatic rings. The Morgan fingerprint density at radius 1 is 0.400 bits per heavy atom. The molecule has 65 heavy (non-hydrogen) atoms. The van der Waals surface area contributed by atoms with Crippen molar-refractivity contribution in [2.45, 2.75) is 0 Å². The Morgan fingerprint density at radius 3 is 1.58 bits per heavy atom. The van der Waals surface area contributed by atoms with Gasteiger partial charge in [0, 0.05) is 73.2 Å². The number of hydrogen-bond acceptors (Lipinski definition) is 6. The number of rotatable bonds is 6. The molecule has 0 radical (unpaired) electrons. The molecular weight excluding hydrogens is 833 g/mol. The minimum absolute atomic E-state index is 0.782. The Balaban J connectivity index is 1.04. The second-order valence-corrected chi connectivity index (χ2v) is 21.2. The monoisotopic (exact) mass is 866 g/mol. The molecule has 0 saturated heterocycles. The van der Waals surface area contributed by atoms with Gasteiger partial charge in [0.05, 0.1) is 48.4 Å². The highest BCUT2D eigenvalue weighted by atomic mass is 32.1. The van der Waals surface area contributed by atoms with Gasteiger partial charge in [-0.25, -0.2) is 0 Å². The van der Waals surface area contributed by atoms with Gasteiger partial charge in [0.25, 0.3) is 0 Å². The van der Waals surface area contributed by atoms with E-state index in [9.17, 15) is 0 Å². The first kappa shape index (κ1) is 36.3. The molecule has 7 nitrogen and oxygen atoms in total. The van der Waals surface area contributed by atoms with Crippen molar-refractivity contribution in [3.05, 3.63) is 207 Å². The average molecular weight is 867 g/mol. The Kier molecular flexibility index (Phi) is 7.74. The van der Waals surface area contributed by atoms with Crippen LogP contribution in [0.5, 0.6) is 0 Å². The van der Waals surface area contributed by atoms with Crippen LogP contribution < -0.4 is 21.0 Å². The highest BCUT2D eigenvalue weighted by Gasteiger charge is 2.48. The van der Waals surface area contributed by atoms with Crippen LogP contribution in [-0.2, 0) is 0 Å². The first-order valence-corrected chi connectivity index (χ1v) is 24.5. The summed E-state index contributed by atoms with van der Waals surface area (Å²) in [6, 6.07) is 64.8. The minimum Gasteiger partial charge on any atom is -0.455 e. The molecule has 0 aliphatic rings. The molecule has 0 spiro atoms. The molecule has 0 aliphatic carbocycles. The summed E-state index contributed by atoms with van der Waals surface area (Å²) in [5.74, 6) is 0. The number of benzene rings is 6. The normalized spacial score (nSPS) is 12.3. The molecule has 8 aromatic heterocycles. The number of thiophene rings is 1. The fraction of sp³-hybridized carbons (Fsp3) is 0. The molecule has 0 aliphatic heterocycles. The molecule has 0 fully saturated rings. The lowest BCUT2D eigenvalue weighted by Crippen LogP contribution is -2.76. The van der Waals surface area contributed by atoms with Crippen LogP contribution in [0.4, 0.5) is 0 Å².